The van der Waals surface area contributed by atoms with Gasteiger partial charge in [0.25, 0.3) is 0 Å². The first-order chi connectivity index (χ1) is 5.67. The molecule has 0 unspecified atom stereocenters. The van der Waals surface area contributed by atoms with Crippen LogP contribution < -0.4 is 5.73 Å². The predicted octanol–water partition coefficient (Wildman–Crippen LogP) is -0.191. The zero-order valence-corrected chi connectivity index (χ0v) is 6.50. The molecule has 5 heteroatoms. The Morgan fingerprint density at radius 3 is 2.42 bits per heavy atom. The fourth-order valence-electron chi connectivity index (χ4n) is 0.475. The third-order valence-electron chi connectivity index (χ3n) is 0.981. The molecule has 0 aliphatic carbocycles. The third-order valence-corrected chi connectivity index (χ3v) is 0.981. The Morgan fingerprint density at radius 2 is 2.08 bits per heavy atom. The maximum Gasteiger partial charge on any atom is 0.351 e. The largest absolute Gasteiger partial charge is 0.462 e. The van der Waals surface area contributed by atoms with Crippen LogP contribution in [0.1, 0.15) is 6.92 Å². The molecule has 5 nitrogen and oxygen atoms in total. The molecule has 0 radical (unpaired) electrons. The molecular weight excluding hydrogens is 158 g/mol. The summed E-state index contributed by atoms with van der Waals surface area (Å²) in [5.41, 5.74) is 4.19. The summed E-state index contributed by atoms with van der Waals surface area (Å²) in [6, 6.07) is 2.98. The number of rotatable bonds is 2. The number of carbonyl (C=O) groups is 1. The van der Waals surface area contributed by atoms with Crippen molar-refractivity contribution < 1.29 is 9.53 Å². The average molecular weight is 165 g/mol. The Morgan fingerprint density at radius 1 is 1.50 bits per heavy atom. The van der Waals surface area contributed by atoms with Gasteiger partial charge in [-0.25, -0.2) is 4.79 Å². The maximum absolute atomic E-state index is 10.8. The highest BCUT2D eigenvalue weighted by Gasteiger charge is 2.13. The van der Waals surface area contributed by atoms with Crippen LogP contribution >= 0.6 is 0 Å². The molecule has 2 N–H and O–H groups in total. The zero-order chi connectivity index (χ0) is 9.56. The number of carbonyl (C=O) groups excluding carboxylic acids is 1. The number of esters is 1. The first-order valence-corrected chi connectivity index (χ1v) is 3.14. The van der Waals surface area contributed by atoms with E-state index in [9.17, 15) is 4.79 Å². The minimum absolute atomic E-state index is 0.142. The van der Waals surface area contributed by atoms with E-state index >= 15 is 0 Å². The molecule has 0 aromatic rings. The van der Waals surface area contributed by atoms with Gasteiger partial charge in [-0.15, -0.1) is 0 Å². The van der Waals surface area contributed by atoms with E-state index in [1.807, 2.05) is 0 Å². The van der Waals surface area contributed by atoms with Gasteiger partial charge in [0, 0.05) is 0 Å². The smallest absolute Gasteiger partial charge is 0.351 e. The zero-order valence-electron chi connectivity index (χ0n) is 6.50. The van der Waals surface area contributed by atoms with Crippen molar-refractivity contribution in [1.29, 1.82) is 10.5 Å². The van der Waals surface area contributed by atoms with Crippen LogP contribution in [0.5, 0.6) is 0 Å². The third kappa shape index (κ3) is 2.31. The number of nitrogens with zero attached hydrogens (tertiary/aromatic N) is 2. The van der Waals surface area contributed by atoms with Crippen molar-refractivity contribution in [3.8, 4) is 12.1 Å². The molecule has 0 amide bonds. The highest BCUT2D eigenvalue weighted by Crippen LogP contribution is 1.99. The molecule has 0 aliphatic heterocycles. The van der Waals surface area contributed by atoms with Gasteiger partial charge in [0.2, 0.25) is 0 Å². The Labute approximate surface area is 69.6 Å². The lowest BCUT2D eigenvalue weighted by molar-refractivity contribution is -0.138. The topological polar surface area (TPSA) is 99.9 Å². The molecule has 0 aliphatic rings. The second kappa shape index (κ2) is 4.75. The van der Waals surface area contributed by atoms with Gasteiger partial charge < -0.3 is 10.5 Å². The van der Waals surface area contributed by atoms with Crippen molar-refractivity contribution in [2.75, 3.05) is 6.61 Å². The van der Waals surface area contributed by atoms with Crippen molar-refractivity contribution in [3.63, 3.8) is 0 Å². The Hall–Kier alpha value is -2.01. The van der Waals surface area contributed by atoms with Gasteiger partial charge in [-0.2, -0.15) is 10.5 Å². The molecule has 0 spiro atoms. The summed E-state index contributed by atoms with van der Waals surface area (Å²) in [6.07, 6.45) is 0. The first-order valence-electron chi connectivity index (χ1n) is 3.14. The van der Waals surface area contributed by atoms with Crippen LogP contribution in [0, 0.1) is 22.7 Å². The normalized spacial score (nSPS) is 10.6. The van der Waals surface area contributed by atoms with Gasteiger partial charge in [0.15, 0.2) is 5.57 Å². The van der Waals surface area contributed by atoms with Crippen LogP contribution in [0.4, 0.5) is 0 Å². The maximum atomic E-state index is 10.8. The van der Waals surface area contributed by atoms with Crippen molar-refractivity contribution in [2.45, 2.75) is 6.92 Å². The van der Waals surface area contributed by atoms with E-state index in [1.54, 1.807) is 6.92 Å². The van der Waals surface area contributed by atoms with Gasteiger partial charge in [0.05, 0.1) is 6.61 Å². The fourth-order valence-corrected chi connectivity index (χ4v) is 0.475. The quantitative estimate of drug-likeness (QED) is 0.347. The molecule has 0 bridgehead atoms. The molecule has 0 aromatic carbocycles. The molecular formula is C7H7N3O2. The molecule has 62 valence electrons. The molecule has 0 rings (SSSR count). The van der Waals surface area contributed by atoms with Crippen molar-refractivity contribution >= 4 is 5.97 Å². The van der Waals surface area contributed by atoms with Gasteiger partial charge in [-0.05, 0) is 6.92 Å². The lowest BCUT2D eigenvalue weighted by Gasteiger charge is -1.98. The van der Waals surface area contributed by atoms with Crippen LogP contribution in [0.3, 0.4) is 0 Å². The van der Waals surface area contributed by atoms with Crippen LogP contribution in [0.2, 0.25) is 0 Å². The van der Waals surface area contributed by atoms with Crippen LogP contribution in [-0.4, -0.2) is 12.6 Å². The van der Waals surface area contributed by atoms with E-state index in [1.165, 1.54) is 12.1 Å². The van der Waals surface area contributed by atoms with E-state index in [-0.39, 0.29) is 6.61 Å². The van der Waals surface area contributed by atoms with Gasteiger partial charge >= 0.3 is 5.97 Å². The lowest BCUT2D eigenvalue weighted by Crippen LogP contribution is -2.12. The summed E-state index contributed by atoms with van der Waals surface area (Å²) in [4.78, 5) is 10.8. The van der Waals surface area contributed by atoms with E-state index in [0.717, 1.165) is 0 Å². The molecule has 0 heterocycles. The van der Waals surface area contributed by atoms with Crippen molar-refractivity contribution in [2.24, 2.45) is 5.73 Å². The lowest BCUT2D eigenvalue weighted by atomic mass is 10.2. The highest BCUT2D eigenvalue weighted by atomic mass is 16.5. The minimum Gasteiger partial charge on any atom is -0.462 e. The molecule has 12 heavy (non-hydrogen) atoms. The van der Waals surface area contributed by atoms with Gasteiger partial charge in [0.1, 0.15) is 17.8 Å². The van der Waals surface area contributed by atoms with Crippen molar-refractivity contribution in [3.05, 3.63) is 11.3 Å². The average Bonchev–Trinajstić information content (AvgIpc) is 2.06. The number of ether oxygens (including phenoxy) is 1. The fraction of sp³-hybridized carbons (Fsp3) is 0.286. The van der Waals surface area contributed by atoms with Gasteiger partial charge in [-0.3, -0.25) is 0 Å². The van der Waals surface area contributed by atoms with Crippen LogP contribution in [0.15, 0.2) is 11.3 Å². The van der Waals surface area contributed by atoms with Crippen LogP contribution in [-0.2, 0) is 9.53 Å². The monoisotopic (exact) mass is 165 g/mol. The summed E-state index contributed by atoms with van der Waals surface area (Å²) in [5.74, 6) is -0.862. The van der Waals surface area contributed by atoms with E-state index in [0.29, 0.717) is 0 Å². The van der Waals surface area contributed by atoms with E-state index < -0.39 is 17.2 Å². The standard InChI is InChI=1S/C7H7N3O2/c1-2-12-7(11)5(3-8)6(10)4-9/h2,10H2,1H3/b6-5-. The summed E-state index contributed by atoms with van der Waals surface area (Å²) in [7, 11) is 0. The SMILES string of the molecule is CCOC(=O)/C(C#N)=C(\N)C#N. The minimum atomic E-state index is -0.862. The Bertz CT molecular complexity index is 293. The summed E-state index contributed by atoms with van der Waals surface area (Å²) < 4.78 is 4.47. The molecule has 0 atom stereocenters. The first kappa shape index (κ1) is 9.99. The van der Waals surface area contributed by atoms with Gasteiger partial charge in [-0.1, -0.05) is 0 Å². The second-order valence-corrected chi connectivity index (χ2v) is 1.73. The second-order valence-electron chi connectivity index (χ2n) is 1.73. The number of nitriles is 2. The Kier molecular flexibility index (Phi) is 3.96. The molecule has 0 fully saturated rings. The number of hydrogen-bond donors (Lipinski definition) is 1. The molecule has 0 saturated carbocycles. The van der Waals surface area contributed by atoms with E-state index in [2.05, 4.69) is 4.74 Å². The summed E-state index contributed by atoms with van der Waals surface area (Å²) >= 11 is 0. The summed E-state index contributed by atoms with van der Waals surface area (Å²) in [5, 5.41) is 16.6. The number of allylic oxidation sites excluding steroid dienone is 1. The molecule has 0 saturated heterocycles. The predicted molar refractivity (Wildman–Crippen MR) is 39.1 cm³/mol. The summed E-state index contributed by atoms with van der Waals surface area (Å²) in [6.45, 7) is 1.73. The van der Waals surface area contributed by atoms with E-state index in [4.69, 9.17) is 16.3 Å². The molecule has 0 aromatic heterocycles. The van der Waals surface area contributed by atoms with Crippen molar-refractivity contribution in [1.82, 2.24) is 0 Å². The number of hydrogen-bond acceptors (Lipinski definition) is 5. The highest BCUT2D eigenvalue weighted by molar-refractivity contribution is 5.94. The Balaban J connectivity index is 4.74. The number of nitrogens with two attached hydrogens (primary N) is 1. The van der Waals surface area contributed by atoms with Crippen LogP contribution in [0.25, 0.3) is 0 Å².